The molecular formula is C14H19NO4. The van der Waals surface area contributed by atoms with Crippen LogP contribution in [-0.2, 0) is 0 Å². The van der Waals surface area contributed by atoms with E-state index in [-0.39, 0.29) is 23.3 Å². The molecule has 0 heterocycles. The van der Waals surface area contributed by atoms with Crippen LogP contribution in [0.15, 0.2) is 18.2 Å². The highest BCUT2D eigenvalue weighted by Crippen LogP contribution is 2.37. The average molecular weight is 265 g/mol. The number of phenolic OH excluding ortho intramolecular Hbond substituents is 2. The first-order valence-corrected chi connectivity index (χ1v) is 6.48. The number of aliphatic hydroxyl groups is 1. The Morgan fingerprint density at radius 3 is 2.58 bits per heavy atom. The van der Waals surface area contributed by atoms with Crippen molar-refractivity contribution in [3.63, 3.8) is 0 Å². The van der Waals surface area contributed by atoms with Gasteiger partial charge in [-0.2, -0.15) is 0 Å². The van der Waals surface area contributed by atoms with Crippen molar-refractivity contribution in [2.45, 2.75) is 25.7 Å². The van der Waals surface area contributed by atoms with Crippen LogP contribution in [0, 0.1) is 5.41 Å². The third-order valence-electron chi connectivity index (χ3n) is 3.88. The normalized spacial score (nSPS) is 17.3. The molecule has 0 atom stereocenters. The van der Waals surface area contributed by atoms with Gasteiger partial charge >= 0.3 is 0 Å². The van der Waals surface area contributed by atoms with Crippen molar-refractivity contribution in [2.24, 2.45) is 5.41 Å². The molecule has 0 aromatic heterocycles. The molecule has 1 aliphatic carbocycles. The molecule has 4 N–H and O–H groups in total. The van der Waals surface area contributed by atoms with Crippen LogP contribution in [0.25, 0.3) is 0 Å². The van der Waals surface area contributed by atoms with Crippen molar-refractivity contribution in [2.75, 3.05) is 13.2 Å². The van der Waals surface area contributed by atoms with Crippen LogP contribution in [0.5, 0.6) is 11.5 Å². The lowest BCUT2D eigenvalue weighted by molar-refractivity contribution is 0.0877. The number of aliphatic hydroxyl groups excluding tert-OH is 1. The van der Waals surface area contributed by atoms with E-state index in [0.717, 1.165) is 25.7 Å². The van der Waals surface area contributed by atoms with Crippen LogP contribution >= 0.6 is 0 Å². The summed E-state index contributed by atoms with van der Waals surface area (Å²) in [4.78, 5) is 12.0. The van der Waals surface area contributed by atoms with Crippen molar-refractivity contribution in [3.05, 3.63) is 23.8 Å². The molecular weight excluding hydrogens is 246 g/mol. The molecule has 0 spiro atoms. The number of benzene rings is 1. The smallest absolute Gasteiger partial charge is 0.255 e. The van der Waals surface area contributed by atoms with Gasteiger partial charge in [0.1, 0.15) is 0 Å². The van der Waals surface area contributed by atoms with E-state index in [4.69, 9.17) is 0 Å². The summed E-state index contributed by atoms with van der Waals surface area (Å²) < 4.78 is 0. The molecule has 104 valence electrons. The van der Waals surface area contributed by atoms with Crippen LogP contribution in [0.2, 0.25) is 0 Å². The van der Waals surface area contributed by atoms with Crippen molar-refractivity contribution >= 4 is 5.91 Å². The molecule has 1 aliphatic rings. The predicted molar refractivity (Wildman–Crippen MR) is 70.1 cm³/mol. The minimum Gasteiger partial charge on any atom is -0.504 e. The molecule has 0 saturated heterocycles. The monoisotopic (exact) mass is 265 g/mol. The number of nitrogens with one attached hydrogen (secondary N) is 1. The van der Waals surface area contributed by atoms with Gasteiger partial charge in [0.05, 0.1) is 12.2 Å². The number of carbonyl (C=O) groups excluding carboxylic acids is 1. The molecule has 19 heavy (non-hydrogen) atoms. The second kappa shape index (κ2) is 5.48. The zero-order chi connectivity index (χ0) is 13.9. The summed E-state index contributed by atoms with van der Waals surface area (Å²) in [5.41, 5.74) is -0.187. The summed E-state index contributed by atoms with van der Waals surface area (Å²) in [7, 11) is 0. The van der Waals surface area contributed by atoms with Crippen molar-refractivity contribution in [3.8, 4) is 11.5 Å². The van der Waals surface area contributed by atoms with E-state index in [1.54, 1.807) is 0 Å². The van der Waals surface area contributed by atoms with Gasteiger partial charge in [-0.15, -0.1) is 0 Å². The van der Waals surface area contributed by atoms with Crippen molar-refractivity contribution in [1.82, 2.24) is 5.32 Å². The first-order chi connectivity index (χ1) is 9.08. The van der Waals surface area contributed by atoms with Gasteiger partial charge in [-0.25, -0.2) is 0 Å². The first kappa shape index (κ1) is 13.7. The highest BCUT2D eigenvalue weighted by Gasteiger charge is 2.33. The van der Waals surface area contributed by atoms with Crippen molar-refractivity contribution in [1.29, 1.82) is 0 Å². The maximum Gasteiger partial charge on any atom is 0.255 e. The van der Waals surface area contributed by atoms with E-state index in [1.165, 1.54) is 18.2 Å². The largest absolute Gasteiger partial charge is 0.504 e. The number of carbonyl (C=O) groups is 1. The molecule has 0 radical (unpaired) electrons. The molecule has 0 bridgehead atoms. The fraction of sp³-hybridized carbons (Fsp3) is 0.500. The predicted octanol–water partition coefficient (Wildman–Crippen LogP) is 1.38. The van der Waals surface area contributed by atoms with Crippen molar-refractivity contribution < 1.29 is 20.1 Å². The van der Waals surface area contributed by atoms with Gasteiger partial charge < -0.3 is 20.6 Å². The zero-order valence-corrected chi connectivity index (χ0v) is 10.7. The molecule has 1 aromatic rings. The fourth-order valence-electron chi connectivity index (χ4n) is 2.59. The van der Waals surface area contributed by atoms with E-state index < -0.39 is 11.7 Å². The average Bonchev–Trinajstić information content (AvgIpc) is 2.89. The molecule has 1 fully saturated rings. The minimum absolute atomic E-state index is 0.0473. The van der Waals surface area contributed by atoms with Crippen LogP contribution in [0.1, 0.15) is 36.0 Å². The fourth-order valence-corrected chi connectivity index (χ4v) is 2.59. The number of phenols is 2. The van der Waals surface area contributed by atoms with Gasteiger partial charge in [0, 0.05) is 12.0 Å². The maximum atomic E-state index is 12.0. The van der Waals surface area contributed by atoms with Gasteiger partial charge in [0.15, 0.2) is 11.5 Å². The Bertz CT molecular complexity index is 467. The topological polar surface area (TPSA) is 89.8 Å². The Hall–Kier alpha value is -1.75. The third kappa shape index (κ3) is 2.81. The van der Waals surface area contributed by atoms with E-state index in [1.807, 2.05) is 0 Å². The zero-order valence-electron chi connectivity index (χ0n) is 10.7. The van der Waals surface area contributed by atoms with Crippen LogP contribution < -0.4 is 5.32 Å². The van der Waals surface area contributed by atoms with E-state index in [9.17, 15) is 20.1 Å². The highest BCUT2D eigenvalue weighted by molar-refractivity contribution is 5.97. The highest BCUT2D eigenvalue weighted by atomic mass is 16.3. The molecule has 1 amide bonds. The van der Waals surface area contributed by atoms with E-state index in [2.05, 4.69) is 5.32 Å². The Balaban J connectivity index is 2.03. The van der Waals surface area contributed by atoms with Gasteiger partial charge in [0.25, 0.3) is 5.91 Å². The maximum absolute atomic E-state index is 12.0. The van der Waals surface area contributed by atoms with Gasteiger partial charge in [-0.05, 0) is 25.0 Å². The molecule has 1 saturated carbocycles. The van der Waals surface area contributed by atoms with Crippen LogP contribution in [0.3, 0.4) is 0 Å². The minimum atomic E-state index is -0.437. The number of aromatic hydroxyl groups is 2. The number of para-hydroxylation sites is 1. The summed E-state index contributed by atoms with van der Waals surface area (Å²) in [6.07, 6.45) is 3.92. The molecule has 1 aromatic carbocycles. The standard InChI is InChI=1S/C14H19NO4/c16-9-14(6-1-2-7-14)8-15-13(19)10-4-3-5-11(17)12(10)18/h3-5,16-18H,1-2,6-9H2,(H,15,19). The Morgan fingerprint density at radius 2 is 1.95 bits per heavy atom. The lowest BCUT2D eigenvalue weighted by Gasteiger charge is -2.26. The molecule has 5 heteroatoms. The Labute approximate surface area is 111 Å². The van der Waals surface area contributed by atoms with Gasteiger partial charge in [-0.3, -0.25) is 4.79 Å². The first-order valence-electron chi connectivity index (χ1n) is 6.48. The lowest BCUT2D eigenvalue weighted by Crippen LogP contribution is -2.38. The number of hydrogen-bond acceptors (Lipinski definition) is 4. The molecule has 5 nitrogen and oxygen atoms in total. The third-order valence-corrected chi connectivity index (χ3v) is 3.88. The van der Waals surface area contributed by atoms with E-state index >= 15 is 0 Å². The second-order valence-corrected chi connectivity index (χ2v) is 5.22. The SMILES string of the molecule is O=C(NCC1(CO)CCCC1)c1cccc(O)c1O. The molecule has 2 rings (SSSR count). The summed E-state index contributed by atoms with van der Waals surface area (Å²) in [6.45, 7) is 0.441. The quantitative estimate of drug-likeness (QED) is 0.619. The van der Waals surface area contributed by atoms with E-state index in [0.29, 0.717) is 6.54 Å². The van der Waals surface area contributed by atoms with Gasteiger partial charge in [-0.1, -0.05) is 18.9 Å². The van der Waals surface area contributed by atoms with Gasteiger partial charge in [0.2, 0.25) is 0 Å². The Kier molecular flexibility index (Phi) is 3.95. The molecule has 0 aliphatic heterocycles. The number of hydrogen-bond donors (Lipinski definition) is 4. The number of rotatable bonds is 4. The summed E-state index contributed by atoms with van der Waals surface area (Å²) >= 11 is 0. The summed E-state index contributed by atoms with van der Waals surface area (Å²) in [5, 5.41) is 31.2. The second-order valence-electron chi connectivity index (χ2n) is 5.22. The summed E-state index contributed by atoms with van der Waals surface area (Å²) in [6, 6.07) is 4.27. The Morgan fingerprint density at radius 1 is 1.26 bits per heavy atom. The summed E-state index contributed by atoms with van der Waals surface area (Å²) in [5.74, 6) is -1.16. The lowest BCUT2D eigenvalue weighted by atomic mass is 9.87. The molecule has 0 unspecified atom stereocenters. The van der Waals surface area contributed by atoms with Crippen LogP contribution in [0.4, 0.5) is 0 Å². The van der Waals surface area contributed by atoms with Crippen LogP contribution in [-0.4, -0.2) is 34.4 Å². The number of amides is 1.